The van der Waals surface area contributed by atoms with E-state index >= 15 is 0 Å². The molecule has 0 fully saturated rings. The maximum atomic E-state index is 13.7. The molecule has 34 heavy (non-hydrogen) atoms. The summed E-state index contributed by atoms with van der Waals surface area (Å²) in [5, 5.41) is 2.81. The molecular formula is C24H28BrF3N2O4. The number of benzene rings is 1. The van der Waals surface area contributed by atoms with Crippen LogP contribution in [-0.4, -0.2) is 35.5 Å². The van der Waals surface area contributed by atoms with Crippen LogP contribution in [-0.2, 0) is 4.74 Å². The van der Waals surface area contributed by atoms with Crippen molar-refractivity contribution in [1.82, 2.24) is 10.3 Å². The lowest BCUT2D eigenvalue weighted by Gasteiger charge is -2.30. The van der Waals surface area contributed by atoms with Crippen molar-refractivity contribution in [3.8, 4) is 22.6 Å². The van der Waals surface area contributed by atoms with Crippen LogP contribution in [0.1, 0.15) is 52.7 Å². The fourth-order valence-corrected chi connectivity index (χ4v) is 4.11. The molecule has 1 unspecified atom stereocenters. The number of carbonyl (C=O) groups excluding carboxylic acids is 1. The number of rotatable bonds is 6. The van der Waals surface area contributed by atoms with Gasteiger partial charge in [-0.15, -0.1) is 0 Å². The molecule has 2 aromatic rings. The van der Waals surface area contributed by atoms with E-state index in [0.29, 0.717) is 27.8 Å². The number of hydrogen-bond donors (Lipinski definition) is 1. The van der Waals surface area contributed by atoms with Crippen LogP contribution in [0.2, 0.25) is 0 Å². The standard InChI is InChI=1S/C24H28BrF3N2O4/c1-13(2)8-14(30-22(31)34-23(3,4)5)12-32-20-10-19-16(9-18(20)25)15-6-7-29-11-17(15)21(33-19)24(26,27)28/h6-7,9-11,13-14,21H,8,12H2,1-5H3,(H,30,31)/t14-,21?/m0/s1. The Labute approximate surface area is 205 Å². The summed E-state index contributed by atoms with van der Waals surface area (Å²) in [4.78, 5) is 16.1. The van der Waals surface area contributed by atoms with Crippen LogP contribution in [0.5, 0.6) is 11.5 Å². The van der Waals surface area contributed by atoms with Crippen molar-refractivity contribution < 1.29 is 32.2 Å². The molecule has 1 aliphatic heterocycles. The van der Waals surface area contributed by atoms with Crippen molar-refractivity contribution in [3.63, 3.8) is 0 Å². The molecule has 1 amide bonds. The number of nitrogens with zero attached hydrogens (tertiary/aromatic N) is 1. The summed E-state index contributed by atoms with van der Waals surface area (Å²) in [5.74, 6) is 0.619. The van der Waals surface area contributed by atoms with Gasteiger partial charge in [-0.05, 0) is 66.7 Å². The Morgan fingerprint density at radius 1 is 1.24 bits per heavy atom. The number of alkyl carbamates (subject to hydrolysis) is 1. The van der Waals surface area contributed by atoms with Gasteiger partial charge in [0.25, 0.3) is 0 Å². The van der Waals surface area contributed by atoms with Crippen LogP contribution in [0.4, 0.5) is 18.0 Å². The minimum Gasteiger partial charge on any atom is -0.490 e. The normalized spacial score (nSPS) is 16.2. The minimum atomic E-state index is -4.61. The van der Waals surface area contributed by atoms with Gasteiger partial charge in [-0.3, -0.25) is 4.98 Å². The van der Waals surface area contributed by atoms with Gasteiger partial charge in [-0.25, -0.2) is 4.79 Å². The van der Waals surface area contributed by atoms with E-state index in [9.17, 15) is 18.0 Å². The van der Waals surface area contributed by atoms with Gasteiger partial charge in [0.2, 0.25) is 6.10 Å². The summed E-state index contributed by atoms with van der Waals surface area (Å²) in [5.41, 5.74) is 0.215. The van der Waals surface area contributed by atoms with E-state index in [1.807, 2.05) is 13.8 Å². The highest BCUT2D eigenvalue weighted by Gasteiger charge is 2.47. The quantitative estimate of drug-likeness (QED) is 0.431. The molecule has 10 heteroatoms. The van der Waals surface area contributed by atoms with Crippen molar-refractivity contribution in [1.29, 1.82) is 0 Å². The van der Waals surface area contributed by atoms with Gasteiger partial charge in [0.15, 0.2) is 0 Å². The second kappa shape index (κ2) is 10.0. The fraction of sp³-hybridized carbons (Fsp3) is 0.500. The Morgan fingerprint density at radius 2 is 1.94 bits per heavy atom. The predicted octanol–water partition coefficient (Wildman–Crippen LogP) is 6.83. The number of alkyl halides is 3. The monoisotopic (exact) mass is 544 g/mol. The van der Waals surface area contributed by atoms with E-state index in [1.165, 1.54) is 24.5 Å². The first kappa shape index (κ1) is 26.1. The van der Waals surface area contributed by atoms with E-state index in [-0.39, 0.29) is 29.9 Å². The topological polar surface area (TPSA) is 69.7 Å². The molecule has 0 saturated heterocycles. The molecule has 3 rings (SSSR count). The predicted molar refractivity (Wildman–Crippen MR) is 125 cm³/mol. The maximum absolute atomic E-state index is 13.7. The average molecular weight is 545 g/mol. The lowest BCUT2D eigenvalue weighted by molar-refractivity contribution is -0.198. The Kier molecular flexibility index (Phi) is 7.69. The third kappa shape index (κ3) is 6.55. The summed E-state index contributed by atoms with van der Waals surface area (Å²) in [6, 6.07) is 4.26. The zero-order valence-electron chi connectivity index (χ0n) is 19.6. The van der Waals surface area contributed by atoms with Crippen LogP contribution in [0, 0.1) is 5.92 Å². The number of hydrogen-bond acceptors (Lipinski definition) is 5. The molecule has 0 aliphatic carbocycles. The van der Waals surface area contributed by atoms with Gasteiger partial charge < -0.3 is 19.5 Å². The number of ether oxygens (including phenoxy) is 3. The Hall–Kier alpha value is -2.49. The molecular weight excluding hydrogens is 517 g/mol. The highest BCUT2D eigenvalue weighted by atomic mass is 79.9. The van der Waals surface area contributed by atoms with Crippen molar-refractivity contribution in [3.05, 3.63) is 40.6 Å². The summed E-state index contributed by atoms with van der Waals surface area (Å²) >= 11 is 3.44. The van der Waals surface area contributed by atoms with Crippen molar-refractivity contribution in [2.75, 3.05) is 6.61 Å². The summed E-state index contributed by atoms with van der Waals surface area (Å²) in [6.45, 7) is 9.43. The lowest BCUT2D eigenvalue weighted by atomic mass is 9.94. The molecule has 1 aliphatic rings. The molecule has 0 radical (unpaired) electrons. The average Bonchev–Trinajstić information content (AvgIpc) is 2.69. The van der Waals surface area contributed by atoms with Gasteiger partial charge in [0.1, 0.15) is 23.7 Å². The molecule has 0 spiro atoms. The lowest BCUT2D eigenvalue weighted by Crippen LogP contribution is -2.42. The second-order valence-electron chi connectivity index (χ2n) is 9.56. The van der Waals surface area contributed by atoms with Gasteiger partial charge in [-0.2, -0.15) is 13.2 Å². The zero-order valence-corrected chi connectivity index (χ0v) is 21.2. The fourth-order valence-electron chi connectivity index (χ4n) is 3.65. The zero-order chi connectivity index (χ0) is 25.3. The van der Waals surface area contributed by atoms with Crippen LogP contribution < -0.4 is 14.8 Å². The molecule has 1 N–H and O–H groups in total. The first-order valence-electron chi connectivity index (χ1n) is 10.9. The van der Waals surface area contributed by atoms with E-state index in [1.54, 1.807) is 26.8 Å². The Balaban J connectivity index is 1.83. The van der Waals surface area contributed by atoms with Crippen LogP contribution in [0.25, 0.3) is 11.1 Å². The SMILES string of the molecule is CC(C)C[C@@H](COc1cc2c(cc1Br)-c1ccncc1C(C(F)(F)F)O2)NC(=O)OC(C)(C)C. The highest BCUT2D eigenvalue weighted by Crippen LogP contribution is 2.50. The maximum Gasteiger partial charge on any atom is 0.429 e. The third-order valence-electron chi connectivity index (χ3n) is 4.92. The number of amides is 1. The number of fused-ring (bicyclic) bond motifs is 3. The van der Waals surface area contributed by atoms with Gasteiger partial charge in [0, 0.05) is 29.6 Å². The smallest absolute Gasteiger partial charge is 0.429 e. The second-order valence-corrected chi connectivity index (χ2v) is 10.4. The first-order chi connectivity index (χ1) is 15.7. The summed E-state index contributed by atoms with van der Waals surface area (Å²) in [7, 11) is 0. The molecule has 2 heterocycles. The van der Waals surface area contributed by atoms with E-state index in [2.05, 4.69) is 26.2 Å². The van der Waals surface area contributed by atoms with Gasteiger partial charge in [-0.1, -0.05) is 13.8 Å². The molecule has 186 valence electrons. The van der Waals surface area contributed by atoms with E-state index in [0.717, 1.165) is 0 Å². The number of carbonyl (C=O) groups is 1. The van der Waals surface area contributed by atoms with Gasteiger partial charge >= 0.3 is 12.3 Å². The molecule has 1 aromatic heterocycles. The Bertz CT molecular complexity index is 1040. The van der Waals surface area contributed by atoms with Crippen molar-refractivity contribution in [2.24, 2.45) is 5.92 Å². The molecule has 1 aromatic carbocycles. The number of halogens is 4. The molecule has 6 nitrogen and oxygen atoms in total. The number of nitrogens with one attached hydrogen (secondary N) is 1. The van der Waals surface area contributed by atoms with E-state index in [4.69, 9.17) is 14.2 Å². The largest absolute Gasteiger partial charge is 0.490 e. The van der Waals surface area contributed by atoms with Crippen LogP contribution in [0.15, 0.2) is 35.1 Å². The molecule has 0 bridgehead atoms. The van der Waals surface area contributed by atoms with Crippen molar-refractivity contribution in [2.45, 2.75) is 65.0 Å². The number of aromatic nitrogens is 1. The van der Waals surface area contributed by atoms with Crippen molar-refractivity contribution >= 4 is 22.0 Å². The molecule has 0 saturated carbocycles. The number of pyridine rings is 1. The van der Waals surface area contributed by atoms with Crippen LogP contribution >= 0.6 is 15.9 Å². The van der Waals surface area contributed by atoms with Crippen LogP contribution in [0.3, 0.4) is 0 Å². The Morgan fingerprint density at radius 3 is 2.56 bits per heavy atom. The van der Waals surface area contributed by atoms with Gasteiger partial charge in [0.05, 0.1) is 10.5 Å². The summed E-state index contributed by atoms with van der Waals surface area (Å²) in [6.07, 6.45) is -4.06. The first-order valence-corrected chi connectivity index (χ1v) is 11.7. The summed E-state index contributed by atoms with van der Waals surface area (Å²) < 4.78 is 58.1. The highest BCUT2D eigenvalue weighted by molar-refractivity contribution is 9.10. The third-order valence-corrected chi connectivity index (χ3v) is 5.54. The minimum absolute atomic E-state index is 0.0402. The molecule has 2 atom stereocenters. The van der Waals surface area contributed by atoms with E-state index < -0.39 is 24.0 Å².